The number of hydrogen-bond acceptors (Lipinski definition) is 6. The van der Waals surface area contributed by atoms with Crippen molar-refractivity contribution in [3.05, 3.63) is 56.9 Å². The molecule has 0 aliphatic carbocycles. The number of nitrogens with one attached hydrogen (secondary N) is 1. The maximum atomic E-state index is 12.5. The van der Waals surface area contributed by atoms with Crippen LogP contribution in [0.2, 0.25) is 0 Å². The zero-order chi connectivity index (χ0) is 17.6. The molecule has 8 nitrogen and oxygen atoms in total. The molecule has 0 amide bonds. The van der Waals surface area contributed by atoms with Gasteiger partial charge in [0, 0.05) is 26.8 Å². The van der Waals surface area contributed by atoms with Crippen molar-refractivity contribution in [3.8, 4) is 11.5 Å². The van der Waals surface area contributed by atoms with Crippen molar-refractivity contribution in [1.82, 2.24) is 14.1 Å². The molecule has 0 unspecified atom stereocenters. The van der Waals surface area contributed by atoms with Gasteiger partial charge < -0.3 is 14.8 Å². The first-order chi connectivity index (χ1) is 12.1. The van der Waals surface area contributed by atoms with Crippen molar-refractivity contribution < 1.29 is 9.47 Å². The molecule has 3 heterocycles. The van der Waals surface area contributed by atoms with Gasteiger partial charge in [-0.3, -0.25) is 13.9 Å². The van der Waals surface area contributed by atoms with E-state index >= 15 is 0 Å². The fourth-order valence-electron chi connectivity index (χ4n) is 2.88. The summed E-state index contributed by atoms with van der Waals surface area (Å²) < 4.78 is 13.1. The Morgan fingerprint density at radius 3 is 2.76 bits per heavy atom. The Morgan fingerprint density at radius 2 is 1.92 bits per heavy atom. The Balaban J connectivity index is 1.73. The largest absolute Gasteiger partial charge is 0.454 e. The van der Waals surface area contributed by atoms with Crippen molar-refractivity contribution in [2.75, 3.05) is 12.1 Å². The van der Waals surface area contributed by atoms with Crippen LogP contribution in [0.1, 0.15) is 5.56 Å². The van der Waals surface area contributed by atoms with Crippen LogP contribution in [0.3, 0.4) is 0 Å². The number of anilines is 1. The quantitative estimate of drug-likeness (QED) is 0.765. The van der Waals surface area contributed by atoms with Crippen LogP contribution in [-0.4, -0.2) is 20.9 Å². The van der Waals surface area contributed by atoms with E-state index in [1.54, 1.807) is 19.3 Å². The summed E-state index contributed by atoms with van der Waals surface area (Å²) in [5.74, 6) is 1.43. The Kier molecular flexibility index (Phi) is 3.45. The number of hydrogen-bond donors (Lipinski definition) is 1. The number of nitrogens with zero attached hydrogens (tertiary/aromatic N) is 3. The van der Waals surface area contributed by atoms with Crippen LogP contribution in [0.25, 0.3) is 11.0 Å². The highest BCUT2D eigenvalue weighted by Crippen LogP contribution is 2.32. The van der Waals surface area contributed by atoms with Gasteiger partial charge in [-0.25, -0.2) is 9.78 Å². The summed E-state index contributed by atoms with van der Waals surface area (Å²) >= 11 is 0. The third-order valence-electron chi connectivity index (χ3n) is 4.26. The summed E-state index contributed by atoms with van der Waals surface area (Å²) in [5.41, 5.74) is 1.18. The lowest BCUT2D eigenvalue weighted by atomic mass is 10.2. The average Bonchev–Trinajstić information content (AvgIpc) is 3.10. The molecular formula is C17H16N4O4. The number of benzene rings is 1. The number of aromatic nitrogens is 3. The van der Waals surface area contributed by atoms with Gasteiger partial charge in [-0.1, -0.05) is 6.07 Å². The Labute approximate surface area is 142 Å². The second kappa shape index (κ2) is 5.66. The molecule has 0 atom stereocenters. The molecule has 1 aromatic carbocycles. The summed E-state index contributed by atoms with van der Waals surface area (Å²) in [6, 6.07) is 7.40. The number of pyridine rings is 1. The van der Waals surface area contributed by atoms with Crippen molar-refractivity contribution in [3.63, 3.8) is 0 Å². The Hall–Kier alpha value is -3.29. The highest BCUT2D eigenvalue weighted by molar-refractivity contribution is 5.88. The standard InChI is InChI=1S/C17H16N4O4/c1-20-15-14(16(22)21(2)17(20)23)11(5-6-18-15)19-8-10-3-4-12-13(7-10)25-9-24-12/h3-7H,8-9H2,1-2H3,(H,18,19). The SMILES string of the molecule is Cn1c(=O)c2c(NCc3ccc4c(c3)OCO4)ccnc2n(C)c1=O. The number of aryl methyl sites for hydroxylation is 1. The molecule has 0 bridgehead atoms. The molecule has 3 aromatic rings. The molecule has 128 valence electrons. The molecular weight excluding hydrogens is 324 g/mol. The lowest BCUT2D eigenvalue weighted by Gasteiger charge is -2.12. The average molecular weight is 340 g/mol. The Morgan fingerprint density at radius 1 is 1.12 bits per heavy atom. The van der Waals surface area contributed by atoms with Crippen molar-refractivity contribution in [2.24, 2.45) is 14.1 Å². The Bertz CT molecular complexity index is 1100. The minimum absolute atomic E-state index is 0.227. The fourth-order valence-corrected chi connectivity index (χ4v) is 2.88. The molecule has 0 radical (unpaired) electrons. The van der Waals surface area contributed by atoms with Crippen molar-refractivity contribution in [2.45, 2.75) is 6.54 Å². The predicted molar refractivity (Wildman–Crippen MR) is 92.1 cm³/mol. The van der Waals surface area contributed by atoms with Gasteiger partial charge >= 0.3 is 5.69 Å². The van der Waals surface area contributed by atoms with Gasteiger partial charge in [0.05, 0.1) is 5.69 Å². The van der Waals surface area contributed by atoms with Crippen molar-refractivity contribution >= 4 is 16.7 Å². The lowest BCUT2D eigenvalue weighted by Crippen LogP contribution is -2.37. The fraction of sp³-hybridized carbons (Fsp3) is 0.235. The van der Waals surface area contributed by atoms with Gasteiger partial charge in [-0.05, 0) is 23.8 Å². The van der Waals surface area contributed by atoms with Crippen LogP contribution in [-0.2, 0) is 20.6 Å². The zero-order valence-electron chi connectivity index (χ0n) is 13.8. The normalized spacial score (nSPS) is 12.6. The van der Waals surface area contributed by atoms with Gasteiger partial charge in [0.25, 0.3) is 5.56 Å². The van der Waals surface area contributed by atoms with E-state index in [0.717, 1.165) is 15.9 Å². The first-order valence-electron chi connectivity index (χ1n) is 7.73. The molecule has 1 aliphatic rings. The lowest BCUT2D eigenvalue weighted by molar-refractivity contribution is 0.174. The molecule has 1 N–H and O–H groups in total. The molecule has 0 spiro atoms. The molecule has 2 aromatic heterocycles. The number of ether oxygens (including phenoxy) is 2. The van der Waals surface area contributed by atoms with Crippen LogP contribution in [0.5, 0.6) is 11.5 Å². The molecule has 1 aliphatic heterocycles. The maximum Gasteiger partial charge on any atom is 0.332 e. The molecule has 8 heteroatoms. The molecule has 0 saturated carbocycles. The summed E-state index contributed by atoms with van der Waals surface area (Å²) in [7, 11) is 3.05. The van der Waals surface area contributed by atoms with Crippen LogP contribution in [0.4, 0.5) is 5.69 Å². The van der Waals surface area contributed by atoms with E-state index < -0.39 is 5.69 Å². The summed E-state index contributed by atoms with van der Waals surface area (Å²) in [6.07, 6.45) is 1.57. The van der Waals surface area contributed by atoms with Crippen LogP contribution >= 0.6 is 0 Å². The van der Waals surface area contributed by atoms with E-state index in [-0.39, 0.29) is 12.4 Å². The highest BCUT2D eigenvalue weighted by atomic mass is 16.7. The van der Waals surface area contributed by atoms with E-state index in [1.807, 2.05) is 18.2 Å². The first-order valence-corrected chi connectivity index (χ1v) is 7.73. The van der Waals surface area contributed by atoms with Gasteiger partial charge in [-0.15, -0.1) is 0 Å². The minimum atomic E-state index is -0.405. The van der Waals surface area contributed by atoms with E-state index in [2.05, 4.69) is 10.3 Å². The number of rotatable bonds is 3. The first kappa shape index (κ1) is 15.3. The maximum absolute atomic E-state index is 12.5. The molecule has 4 rings (SSSR count). The van der Waals surface area contributed by atoms with Crippen molar-refractivity contribution in [1.29, 1.82) is 0 Å². The molecule has 0 fully saturated rings. The van der Waals surface area contributed by atoms with Gasteiger partial charge in [0.15, 0.2) is 17.1 Å². The van der Waals surface area contributed by atoms with E-state index in [1.165, 1.54) is 11.6 Å². The van der Waals surface area contributed by atoms with Gasteiger partial charge in [-0.2, -0.15) is 0 Å². The van der Waals surface area contributed by atoms with E-state index in [4.69, 9.17) is 9.47 Å². The smallest absolute Gasteiger partial charge is 0.332 e. The zero-order valence-corrected chi connectivity index (χ0v) is 13.8. The molecule has 25 heavy (non-hydrogen) atoms. The third-order valence-corrected chi connectivity index (χ3v) is 4.26. The summed E-state index contributed by atoms with van der Waals surface area (Å²) in [4.78, 5) is 28.7. The van der Waals surface area contributed by atoms with Crippen LogP contribution < -0.4 is 26.0 Å². The third kappa shape index (κ3) is 2.42. The highest BCUT2D eigenvalue weighted by Gasteiger charge is 2.15. The van der Waals surface area contributed by atoms with E-state index in [0.29, 0.717) is 29.0 Å². The second-order valence-electron chi connectivity index (χ2n) is 5.80. The van der Waals surface area contributed by atoms with E-state index in [9.17, 15) is 9.59 Å². The minimum Gasteiger partial charge on any atom is -0.454 e. The topological polar surface area (TPSA) is 87.4 Å². The number of fused-ring (bicyclic) bond motifs is 2. The van der Waals surface area contributed by atoms with Gasteiger partial charge in [0.1, 0.15) is 5.39 Å². The van der Waals surface area contributed by atoms with Gasteiger partial charge in [0.2, 0.25) is 6.79 Å². The molecule has 0 saturated heterocycles. The summed E-state index contributed by atoms with van der Waals surface area (Å²) in [5, 5.41) is 3.63. The monoisotopic (exact) mass is 340 g/mol. The predicted octanol–water partition coefficient (Wildman–Crippen LogP) is 0.973. The van der Waals surface area contributed by atoms with Crippen LogP contribution in [0, 0.1) is 0 Å². The summed E-state index contributed by atoms with van der Waals surface area (Å²) in [6.45, 7) is 0.715. The second-order valence-corrected chi connectivity index (χ2v) is 5.80. The van der Waals surface area contributed by atoms with Crippen LogP contribution in [0.15, 0.2) is 40.1 Å².